The molecular formula is C12H14BrFO3S. The Bertz CT molecular complexity index is 556. The van der Waals surface area contributed by atoms with Crippen molar-refractivity contribution in [1.29, 1.82) is 0 Å². The molecule has 18 heavy (non-hydrogen) atoms. The lowest BCUT2D eigenvalue weighted by Gasteiger charge is -2.24. The number of hydrogen-bond acceptors (Lipinski definition) is 3. The summed E-state index contributed by atoms with van der Waals surface area (Å²) in [4.78, 5) is 12.3. The molecule has 0 amide bonds. The Morgan fingerprint density at radius 3 is 2.44 bits per heavy atom. The number of carbonyl (C=O) groups excluding carboxylic acids is 1. The van der Waals surface area contributed by atoms with Gasteiger partial charge in [0.2, 0.25) is 0 Å². The summed E-state index contributed by atoms with van der Waals surface area (Å²) < 4.78 is 35.4. The van der Waals surface area contributed by atoms with Crippen LogP contribution in [0.2, 0.25) is 0 Å². The molecule has 1 aromatic carbocycles. The summed E-state index contributed by atoms with van der Waals surface area (Å²) in [5, 5.41) is 0. The Labute approximate surface area is 114 Å². The van der Waals surface area contributed by atoms with E-state index in [2.05, 4.69) is 15.9 Å². The van der Waals surface area contributed by atoms with E-state index in [1.165, 1.54) is 25.1 Å². The van der Waals surface area contributed by atoms with Crippen LogP contribution in [0.4, 0.5) is 4.39 Å². The maximum absolute atomic E-state index is 13.1. The van der Waals surface area contributed by atoms with Crippen LogP contribution in [-0.2, 0) is 9.84 Å². The molecule has 0 N–H and O–H groups in total. The first kappa shape index (κ1) is 15.3. The molecule has 0 bridgehead atoms. The first-order chi connectivity index (χ1) is 8.28. The van der Waals surface area contributed by atoms with Crippen molar-refractivity contribution in [2.45, 2.75) is 23.9 Å². The van der Waals surface area contributed by atoms with Crippen LogP contribution in [-0.4, -0.2) is 23.6 Å². The second kappa shape index (κ2) is 5.48. The number of alkyl halides is 1. The van der Waals surface area contributed by atoms with Gasteiger partial charge in [0.25, 0.3) is 0 Å². The third-order valence-electron chi connectivity index (χ3n) is 2.75. The zero-order valence-electron chi connectivity index (χ0n) is 10.1. The number of benzene rings is 1. The minimum atomic E-state index is -3.63. The van der Waals surface area contributed by atoms with Gasteiger partial charge in [-0.3, -0.25) is 4.79 Å². The fourth-order valence-corrected chi connectivity index (χ4v) is 3.81. The molecule has 0 aromatic heterocycles. The molecule has 0 fully saturated rings. The molecule has 0 spiro atoms. The molecular weight excluding hydrogens is 323 g/mol. The second-order valence-electron chi connectivity index (χ2n) is 3.82. The SMILES string of the molecule is CC[C@](Br)(C(=O)c1cccc(F)c1)S(=O)(=O)CC. The van der Waals surface area contributed by atoms with E-state index in [0.29, 0.717) is 0 Å². The third-order valence-corrected chi connectivity index (χ3v) is 7.37. The summed E-state index contributed by atoms with van der Waals surface area (Å²) in [5.74, 6) is -1.36. The van der Waals surface area contributed by atoms with Crippen molar-refractivity contribution < 1.29 is 17.6 Å². The lowest BCUT2D eigenvalue weighted by Crippen LogP contribution is -2.41. The lowest BCUT2D eigenvalue weighted by molar-refractivity contribution is 0.0975. The van der Waals surface area contributed by atoms with Gasteiger partial charge < -0.3 is 0 Å². The van der Waals surface area contributed by atoms with Gasteiger partial charge in [-0.1, -0.05) is 41.9 Å². The smallest absolute Gasteiger partial charge is 0.194 e. The lowest BCUT2D eigenvalue weighted by atomic mass is 10.1. The number of hydrogen-bond donors (Lipinski definition) is 0. The van der Waals surface area contributed by atoms with E-state index < -0.39 is 25.1 Å². The maximum atomic E-state index is 13.1. The van der Waals surface area contributed by atoms with E-state index in [1.54, 1.807) is 6.92 Å². The molecule has 0 aliphatic heterocycles. The van der Waals surface area contributed by atoms with Crippen LogP contribution < -0.4 is 0 Å². The second-order valence-corrected chi connectivity index (χ2v) is 8.21. The standard InChI is InChI=1S/C12H14BrFO3S/c1-3-12(13,18(16,17)4-2)11(15)9-6-5-7-10(14)8-9/h5-8H,3-4H2,1-2H3/t12-/m1/s1. The molecule has 0 heterocycles. The van der Waals surface area contributed by atoms with E-state index in [9.17, 15) is 17.6 Å². The molecule has 1 aromatic rings. The first-order valence-corrected chi connectivity index (χ1v) is 7.94. The van der Waals surface area contributed by atoms with Crippen molar-refractivity contribution in [3.05, 3.63) is 35.6 Å². The minimum absolute atomic E-state index is 0.0470. The molecule has 1 rings (SSSR count). The summed E-state index contributed by atoms with van der Waals surface area (Å²) >= 11 is 3.03. The largest absolute Gasteiger partial charge is 0.291 e. The summed E-state index contributed by atoms with van der Waals surface area (Å²) in [6, 6.07) is 5.03. The van der Waals surface area contributed by atoms with Crippen molar-refractivity contribution in [2.75, 3.05) is 5.75 Å². The van der Waals surface area contributed by atoms with Crippen molar-refractivity contribution in [2.24, 2.45) is 0 Å². The highest BCUT2D eigenvalue weighted by Gasteiger charge is 2.45. The first-order valence-electron chi connectivity index (χ1n) is 5.50. The van der Waals surface area contributed by atoms with Gasteiger partial charge >= 0.3 is 0 Å². The van der Waals surface area contributed by atoms with Crippen LogP contribution in [0.15, 0.2) is 24.3 Å². The molecule has 100 valence electrons. The van der Waals surface area contributed by atoms with Gasteiger partial charge in [-0.25, -0.2) is 12.8 Å². The van der Waals surface area contributed by atoms with Crippen LogP contribution in [0, 0.1) is 5.82 Å². The predicted octanol–water partition coefficient (Wildman–Crippen LogP) is 2.94. The predicted molar refractivity (Wildman–Crippen MR) is 72.1 cm³/mol. The molecule has 0 radical (unpaired) electrons. The Morgan fingerprint density at radius 2 is 2.00 bits per heavy atom. The fourth-order valence-electron chi connectivity index (χ4n) is 1.60. The number of rotatable bonds is 5. The van der Waals surface area contributed by atoms with Crippen LogP contribution in [0.3, 0.4) is 0 Å². The Kier molecular flexibility index (Phi) is 4.66. The molecule has 6 heteroatoms. The molecule has 0 unspecified atom stereocenters. The average molecular weight is 337 g/mol. The molecule has 1 atom stereocenters. The van der Waals surface area contributed by atoms with Crippen molar-refractivity contribution >= 4 is 31.6 Å². The number of halogens is 2. The van der Waals surface area contributed by atoms with Crippen LogP contribution in [0.1, 0.15) is 30.6 Å². The quantitative estimate of drug-likeness (QED) is 0.613. The van der Waals surface area contributed by atoms with E-state index >= 15 is 0 Å². The van der Waals surface area contributed by atoms with Gasteiger partial charge in [0.1, 0.15) is 5.82 Å². The van der Waals surface area contributed by atoms with Gasteiger partial charge in [0.15, 0.2) is 19.3 Å². The Morgan fingerprint density at radius 1 is 1.39 bits per heavy atom. The summed E-state index contributed by atoms with van der Waals surface area (Å²) in [5.41, 5.74) is 0.0470. The molecule has 0 aliphatic rings. The topological polar surface area (TPSA) is 51.2 Å². The summed E-state index contributed by atoms with van der Waals surface area (Å²) in [6.45, 7) is 3.07. The number of ketones is 1. The highest BCUT2D eigenvalue weighted by atomic mass is 79.9. The van der Waals surface area contributed by atoms with Crippen LogP contribution in [0.5, 0.6) is 0 Å². The van der Waals surface area contributed by atoms with Gasteiger partial charge in [-0.15, -0.1) is 0 Å². The van der Waals surface area contributed by atoms with Gasteiger partial charge in [-0.05, 0) is 18.6 Å². The van der Waals surface area contributed by atoms with Crippen LogP contribution in [0.25, 0.3) is 0 Å². The monoisotopic (exact) mass is 336 g/mol. The van der Waals surface area contributed by atoms with Gasteiger partial charge in [0.05, 0.1) is 0 Å². The number of carbonyl (C=O) groups is 1. The van der Waals surface area contributed by atoms with Crippen molar-refractivity contribution in [3.8, 4) is 0 Å². The molecule has 0 aliphatic carbocycles. The van der Waals surface area contributed by atoms with Crippen molar-refractivity contribution in [3.63, 3.8) is 0 Å². The highest BCUT2D eigenvalue weighted by molar-refractivity contribution is 9.12. The number of Topliss-reactive ketones (excluding diaryl/α,β-unsaturated/α-hetero) is 1. The van der Waals surface area contributed by atoms with Crippen LogP contribution >= 0.6 is 15.9 Å². The van der Waals surface area contributed by atoms with E-state index in [1.807, 2.05) is 0 Å². The molecule has 3 nitrogen and oxygen atoms in total. The Hall–Kier alpha value is -0.750. The van der Waals surface area contributed by atoms with Gasteiger partial charge in [0, 0.05) is 11.3 Å². The number of sulfone groups is 1. The third kappa shape index (κ3) is 2.64. The van der Waals surface area contributed by atoms with E-state index in [0.717, 1.165) is 6.07 Å². The summed E-state index contributed by atoms with van der Waals surface area (Å²) in [6.07, 6.45) is 0.0819. The normalized spacial score (nSPS) is 15.1. The maximum Gasteiger partial charge on any atom is 0.194 e. The van der Waals surface area contributed by atoms with Crippen molar-refractivity contribution in [1.82, 2.24) is 0 Å². The summed E-state index contributed by atoms with van der Waals surface area (Å²) in [7, 11) is -3.63. The zero-order chi connectivity index (χ0) is 14.0. The van der Waals surface area contributed by atoms with E-state index in [4.69, 9.17) is 0 Å². The Balaban J connectivity index is 3.31. The average Bonchev–Trinajstić information content (AvgIpc) is 2.36. The zero-order valence-corrected chi connectivity index (χ0v) is 12.5. The molecule has 0 saturated heterocycles. The van der Waals surface area contributed by atoms with E-state index in [-0.39, 0.29) is 17.7 Å². The minimum Gasteiger partial charge on any atom is -0.291 e. The highest BCUT2D eigenvalue weighted by Crippen LogP contribution is 2.34. The fraction of sp³-hybridized carbons (Fsp3) is 0.417. The molecule has 0 saturated carbocycles. The van der Waals surface area contributed by atoms with Gasteiger partial charge in [-0.2, -0.15) is 0 Å².